The minimum atomic E-state index is 0.619. The normalized spacial score (nSPS) is 15.9. The summed E-state index contributed by atoms with van der Waals surface area (Å²) in [5.74, 6) is 3.04. The van der Waals surface area contributed by atoms with Crippen LogP contribution in [0.4, 0.5) is 23.3 Å². The van der Waals surface area contributed by atoms with E-state index in [-0.39, 0.29) is 0 Å². The van der Waals surface area contributed by atoms with Gasteiger partial charge in [-0.1, -0.05) is 46.4 Å². The Labute approximate surface area is 266 Å². The predicted octanol–water partition coefficient (Wildman–Crippen LogP) is 7.00. The van der Waals surface area contributed by atoms with Crippen LogP contribution in [0, 0.1) is 0 Å². The molecule has 0 unspecified atom stereocenters. The van der Waals surface area contributed by atoms with Gasteiger partial charge in [-0.15, -0.1) is 0 Å². The maximum absolute atomic E-state index is 6.63. The monoisotopic (exact) mass is 644 g/mol. The Morgan fingerprint density at radius 2 is 0.619 bits per heavy atom. The Balaban J connectivity index is 1.46. The molecule has 4 aromatic heterocycles. The van der Waals surface area contributed by atoms with Crippen LogP contribution in [0.1, 0.15) is 12.8 Å². The number of nitrogens with zero attached hydrogens (tertiary/aromatic N) is 8. The van der Waals surface area contributed by atoms with Crippen molar-refractivity contribution in [2.24, 2.45) is 0 Å². The second-order valence-electron chi connectivity index (χ2n) is 9.89. The molecule has 0 spiro atoms. The number of anilines is 4. The predicted molar refractivity (Wildman–Crippen MR) is 175 cm³/mol. The first-order valence-corrected chi connectivity index (χ1v) is 15.4. The number of rotatable bonds is 4. The Hall–Kier alpha value is -3.04. The highest BCUT2D eigenvalue weighted by atomic mass is 35.5. The van der Waals surface area contributed by atoms with Crippen LogP contribution in [-0.4, -0.2) is 72.3 Å². The van der Waals surface area contributed by atoms with Crippen molar-refractivity contribution in [1.29, 1.82) is 0 Å². The highest BCUT2D eigenvalue weighted by molar-refractivity contribution is 6.34. The molecule has 0 saturated carbocycles. The van der Waals surface area contributed by atoms with Crippen molar-refractivity contribution in [3.63, 3.8) is 0 Å². The van der Waals surface area contributed by atoms with E-state index in [1.165, 1.54) is 0 Å². The van der Waals surface area contributed by atoms with Crippen molar-refractivity contribution in [2.45, 2.75) is 12.8 Å². The minimum Gasteiger partial charge on any atom is -0.354 e. The lowest BCUT2D eigenvalue weighted by molar-refractivity contribution is 0.623. The number of hydrogen-bond donors (Lipinski definition) is 0. The van der Waals surface area contributed by atoms with Gasteiger partial charge in [0.25, 0.3) is 0 Å². The van der Waals surface area contributed by atoms with Crippen LogP contribution in [0.25, 0.3) is 0 Å². The van der Waals surface area contributed by atoms with Gasteiger partial charge in [0.05, 0.1) is 20.1 Å². The largest absolute Gasteiger partial charge is 0.354 e. The molecule has 0 aromatic carbocycles. The highest BCUT2D eigenvalue weighted by Crippen LogP contribution is 2.28. The molecule has 0 N–H and O–H groups in total. The zero-order valence-corrected chi connectivity index (χ0v) is 26.1. The van der Waals surface area contributed by atoms with Gasteiger partial charge in [0.1, 0.15) is 23.3 Å². The second-order valence-corrected chi connectivity index (χ2v) is 11.5. The van der Waals surface area contributed by atoms with Crippen molar-refractivity contribution in [3.8, 4) is 0 Å². The van der Waals surface area contributed by atoms with Crippen LogP contribution >= 0.6 is 46.4 Å². The number of pyridine rings is 4. The Kier molecular flexibility index (Phi) is 10.8. The summed E-state index contributed by atoms with van der Waals surface area (Å²) in [5, 5.41) is 2.48. The molecule has 5 heterocycles. The van der Waals surface area contributed by atoms with Gasteiger partial charge in [0.15, 0.2) is 0 Å². The number of halogens is 4. The van der Waals surface area contributed by atoms with Crippen LogP contribution in [-0.2, 0) is 0 Å². The first kappa shape index (κ1) is 30.4. The topological polar surface area (TPSA) is 64.5 Å². The quantitative estimate of drug-likeness (QED) is 0.235. The summed E-state index contributed by atoms with van der Waals surface area (Å²) >= 11 is 26.5. The lowest BCUT2D eigenvalue weighted by Gasteiger charge is -2.34. The standard InChI is InChI=1S/C30H32Cl4N8/c31-23-7-1-11-35-27(23)39-15-5-16-41(29-25(33)9-3-13-37-29)21-22-42(30-26(34)10-4-14-38-30)18-6-17-40(20-19-39)28-24(32)8-2-12-36-28/h1-4,7-14H,5-6,15-22H2. The van der Waals surface area contributed by atoms with Gasteiger partial charge < -0.3 is 19.6 Å². The van der Waals surface area contributed by atoms with Gasteiger partial charge in [-0.3, -0.25) is 0 Å². The van der Waals surface area contributed by atoms with Crippen molar-refractivity contribution in [2.75, 3.05) is 72.0 Å². The molecule has 0 bridgehead atoms. The van der Waals surface area contributed by atoms with Gasteiger partial charge in [0.2, 0.25) is 0 Å². The fraction of sp³-hybridized carbons (Fsp3) is 0.333. The van der Waals surface area contributed by atoms with E-state index in [2.05, 4.69) is 39.5 Å². The minimum absolute atomic E-state index is 0.619. The molecule has 5 rings (SSSR count). The van der Waals surface area contributed by atoms with E-state index < -0.39 is 0 Å². The van der Waals surface area contributed by atoms with Gasteiger partial charge in [-0.05, 0) is 61.4 Å². The van der Waals surface area contributed by atoms with E-state index in [9.17, 15) is 0 Å². The molecule has 1 aliphatic rings. The fourth-order valence-electron chi connectivity index (χ4n) is 5.12. The zero-order valence-electron chi connectivity index (χ0n) is 23.1. The fourth-order valence-corrected chi connectivity index (χ4v) is 6.09. The van der Waals surface area contributed by atoms with Crippen molar-refractivity contribution >= 4 is 69.7 Å². The van der Waals surface area contributed by atoms with E-state index in [1.807, 2.05) is 48.5 Å². The molecule has 4 aromatic rings. The van der Waals surface area contributed by atoms with E-state index in [1.54, 1.807) is 24.8 Å². The van der Waals surface area contributed by atoms with Gasteiger partial charge in [-0.2, -0.15) is 0 Å². The molecule has 42 heavy (non-hydrogen) atoms. The van der Waals surface area contributed by atoms with Crippen LogP contribution in [0.5, 0.6) is 0 Å². The third-order valence-electron chi connectivity index (χ3n) is 7.15. The molecular formula is C30H32Cl4N8. The number of aromatic nitrogens is 4. The highest BCUT2D eigenvalue weighted by Gasteiger charge is 2.21. The van der Waals surface area contributed by atoms with E-state index in [0.717, 1.165) is 62.3 Å². The molecule has 0 atom stereocenters. The summed E-state index contributed by atoms with van der Waals surface area (Å²) in [6.07, 6.45) is 8.76. The van der Waals surface area contributed by atoms with Gasteiger partial charge in [-0.25, -0.2) is 19.9 Å². The SMILES string of the molecule is Clc1cccnc1N1CCCN(c2ncccc2Cl)CCN(c2ncccc2Cl)CCCN(c2ncccc2Cl)CC1. The summed E-state index contributed by atoms with van der Waals surface area (Å²) < 4.78 is 0. The summed E-state index contributed by atoms with van der Waals surface area (Å²) in [7, 11) is 0. The second kappa shape index (κ2) is 14.9. The van der Waals surface area contributed by atoms with E-state index >= 15 is 0 Å². The molecule has 8 nitrogen and oxygen atoms in total. The maximum Gasteiger partial charge on any atom is 0.147 e. The van der Waals surface area contributed by atoms with Crippen LogP contribution < -0.4 is 19.6 Å². The zero-order chi connectivity index (χ0) is 29.3. The molecule has 12 heteroatoms. The summed E-state index contributed by atoms with van der Waals surface area (Å²) in [5.41, 5.74) is 0. The third-order valence-corrected chi connectivity index (χ3v) is 8.33. The lowest BCUT2D eigenvalue weighted by atomic mass is 10.2. The van der Waals surface area contributed by atoms with Crippen molar-refractivity contribution < 1.29 is 0 Å². The first-order chi connectivity index (χ1) is 20.5. The molecule has 1 aliphatic heterocycles. The molecule has 0 aliphatic carbocycles. The Morgan fingerprint density at radius 3 is 0.833 bits per heavy atom. The third kappa shape index (κ3) is 7.67. The van der Waals surface area contributed by atoms with Gasteiger partial charge >= 0.3 is 0 Å². The molecular weight excluding hydrogens is 614 g/mol. The molecule has 0 radical (unpaired) electrons. The van der Waals surface area contributed by atoms with E-state index in [0.29, 0.717) is 46.3 Å². The Morgan fingerprint density at radius 1 is 0.381 bits per heavy atom. The maximum atomic E-state index is 6.63. The average Bonchev–Trinajstić information content (AvgIpc) is 2.99. The van der Waals surface area contributed by atoms with Crippen LogP contribution in [0.15, 0.2) is 73.3 Å². The number of hydrogen-bond acceptors (Lipinski definition) is 8. The lowest BCUT2D eigenvalue weighted by Crippen LogP contribution is -2.42. The summed E-state index contributed by atoms with van der Waals surface area (Å²) in [6.45, 7) is 5.67. The molecule has 220 valence electrons. The molecule has 1 fully saturated rings. The van der Waals surface area contributed by atoms with Crippen molar-refractivity contribution in [1.82, 2.24) is 19.9 Å². The van der Waals surface area contributed by atoms with E-state index in [4.69, 9.17) is 46.4 Å². The molecule has 0 amide bonds. The first-order valence-electron chi connectivity index (χ1n) is 13.9. The summed E-state index contributed by atoms with van der Waals surface area (Å²) in [4.78, 5) is 27.4. The van der Waals surface area contributed by atoms with Gasteiger partial charge in [0, 0.05) is 77.1 Å². The van der Waals surface area contributed by atoms with Crippen LogP contribution in [0.2, 0.25) is 20.1 Å². The molecule has 1 saturated heterocycles. The Bertz CT molecular complexity index is 1240. The van der Waals surface area contributed by atoms with Crippen LogP contribution in [0.3, 0.4) is 0 Å². The smallest absolute Gasteiger partial charge is 0.147 e. The average molecular weight is 646 g/mol. The summed E-state index contributed by atoms with van der Waals surface area (Å²) in [6, 6.07) is 14.9. The van der Waals surface area contributed by atoms with Crippen molar-refractivity contribution in [3.05, 3.63) is 93.4 Å².